The second-order valence-corrected chi connectivity index (χ2v) is 5.78. The first-order valence-electron chi connectivity index (χ1n) is 6.86. The summed E-state index contributed by atoms with van der Waals surface area (Å²) in [5.41, 5.74) is 4.61. The molecule has 0 aromatic heterocycles. The van der Waals surface area contributed by atoms with Gasteiger partial charge in [-0.15, -0.1) is 0 Å². The van der Waals surface area contributed by atoms with Gasteiger partial charge in [0.25, 0.3) is 0 Å². The van der Waals surface area contributed by atoms with E-state index in [9.17, 15) is 13.2 Å². The van der Waals surface area contributed by atoms with Crippen LogP contribution in [0.25, 0.3) is 0 Å². The Kier molecular flexibility index (Phi) is 5.25. The van der Waals surface area contributed by atoms with E-state index in [2.05, 4.69) is 0 Å². The molecule has 0 amide bonds. The average molecular weight is 301 g/mol. The third-order valence-electron chi connectivity index (χ3n) is 3.12. The topological polar surface area (TPSA) is 53.1 Å². The molecule has 21 heavy (non-hydrogen) atoms. The maximum atomic E-state index is 13.1. The van der Waals surface area contributed by atoms with Gasteiger partial charge in [0.15, 0.2) is 0 Å². The molecule has 1 rings (SSSR count). The summed E-state index contributed by atoms with van der Waals surface area (Å²) >= 11 is 0. The number of nitrogens with two attached hydrogens (primary N) is 1. The van der Waals surface area contributed by atoms with Crippen molar-refractivity contribution in [3.8, 4) is 0 Å². The number of nitrogens with zero attached hydrogens (tertiary/aromatic N) is 1. The van der Waals surface area contributed by atoms with Crippen molar-refractivity contribution in [2.45, 2.75) is 39.9 Å². The minimum absolute atomic E-state index is 0.0802. The maximum Gasteiger partial charge on any atom is 0.417 e. The number of alkyl halides is 3. The van der Waals surface area contributed by atoms with E-state index < -0.39 is 17.6 Å². The van der Waals surface area contributed by atoms with Crippen LogP contribution in [-0.4, -0.2) is 18.4 Å². The largest absolute Gasteiger partial charge is 0.417 e. The summed E-state index contributed by atoms with van der Waals surface area (Å²) in [4.78, 5) is 1.92. The predicted octanol–water partition coefficient (Wildman–Crippen LogP) is 3.86. The summed E-state index contributed by atoms with van der Waals surface area (Å²) in [7, 11) is 0. The number of nitrogen functional groups attached to an aromatic ring is 1. The third kappa shape index (κ3) is 4.37. The highest BCUT2D eigenvalue weighted by Crippen LogP contribution is 2.35. The normalized spacial score (nSPS) is 12.0. The number of anilines is 1. The summed E-state index contributed by atoms with van der Waals surface area (Å²) < 4.78 is 39.4. The molecule has 0 atom stereocenters. The fraction of sp³-hybridized carbons (Fsp3) is 0.533. The monoisotopic (exact) mass is 301 g/mol. The van der Waals surface area contributed by atoms with E-state index >= 15 is 0 Å². The average Bonchev–Trinajstić information content (AvgIpc) is 2.33. The minimum Gasteiger partial charge on any atom is -0.384 e. The number of hydrogen-bond acceptors (Lipinski definition) is 2. The fourth-order valence-electron chi connectivity index (χ4n) is 2.19. The van der Waals surface area contributed by atoms with Gasteiger partial charge >= 0.3 is 6.18 Å². The van der Waals surface area contributed by atoms with Crippen LogP contribution < -0.4 is 10.6 Å². The highest BCUT2D eigenvalue weighted by molar-refractivity contribution is 5.97. The number of benzene rings is 1. The first kappa shape index (κ1) is 17.3. The highest BCUT2D eigenvalue weighted by atomic mass is 19.4. The van der Waals surface area contributed by atoms with Crippen molar-refractivity contribution < 1.29 is 13.2 Å². The van der Waals surface area contributed by atoms with Crippen LogP contribution in [0.2, 0.25) is 0 Å². The molecule has 0 spiro atoms. The molecule has 3 nitrogen and oxygen atoms in total. The standard InChI is InChI=1S/C15H22F3N3/c1-9(2)8-21(10(3)4)11-5-6-12(14(19)20)13(7-11)15(16,17)18/h5-7,9-10H,8H2,1-4H3,(H3,19,20). The van der Waals surface area contributed by atoms with E-state index in [4.69, 9.17) is 11.1 Å². The minimum atomic E-state index is -4.53. The van der Waals surface area contributed by atoms with Crippen molar-refractivity contribution in [1.29, 1.82) is 5.41 Å². The van der Waals surface area contributed by atoms with Crippen LogP contribution >= 0.6 is 0 Å². The van der Waals surface area contributed by atoms with Crippen molar-refractivity contribution in [3.05, 3.63) is 29.3 Å². The zero-order valence-electron chi connectivity index (χ0n) is 12.8. The quantitative estimate of drug-likeness (QED) is 0.641. The Hall–Kier alpha value is -1.72. The van der Waals surface area contributed by atoms with Gasteiger partial charge in [-0.25, -0.2) is 0 Å². The first-order chi connectivity index (χ1) is 9.54. The van der Waals surface area contributed by atoms with Crippen LogP contribution in [0.3, 0.4) is 0 Å². The molecule has 0 fully saturated rings. The van der Waals surface area contributed by atoms with Crippen LogP contribution in [0.4, 0.5) is 18.9 Å². The van der Waals surface area contributed by atoms with Crippen LogP contribution in [0.5, 0.6) is 0 Å². The second-order valence-electron chi connectivity index (χ2n) is 5.78. The van der Waals surface area contributed by atoms with E-state index in [1.54, 1.807) is 6.07 Å². The number of nitrogens with one attached hydrogen (secondary N) is 1. The molecule has 6 heteroatoms. The van der Waals surface area contributed by atoms with Gasteiger partial charge in [-0.2, -0.15) is 13.2 Å². The summed E-state index contributed by atoms with van der Waals surface area (Å²) in [6.45, 7) is 8.57. The Labute approximate surface area is 123 Å². The zero-order chi connectivity index (χ0) is 16.4. The Morgan fingerprint density at radius 2 is 1.81 bits per heavy atom. The number of rotatable bonds is 5. The molecule has 3 N–H and O–H groups in total. The van der Waals surface area contributed by atoms with Gasteiger partial charge in [0.2, 0.25) is 0 Å². The van der Waals surface area contributed by atoms with Crippen LogP contribution in [0.1, 0.15) is 38.8 Å². The summed E-state index contributed by atoms with van der Waals surface area (Å²) in [5, 5.41) is 7.30. The first-order valence-corrected chi connectivity index (χ1v) is 6.86. The van der Waals surface area contributed by atoms with E-state index in [-0.39, 0.29) is 11.6 Å². The number of amidine groups is 1. The summed E-state index contributed by atoms with van der Waals surface area (Å²) in [5.74, 6) is -0.247. The predicted molar refractivity (Wildman–Crippen MR) is 79.8 cm³/mol. The molecule has 0 radical (unpaired) electrons. The van der Waals surface area contributed by atoms with E-state index in [1.807, 2.05) is 32.6 Å². The lowest BCUT2D eigenvalue weighted by molar-refractivity contribution is -0.137. The molecule has 0 heterocycles. The zero-order valence-corrected chi connectivity index (χ0v) is 12.8. The van der Waals surface area contributed by atoms with Gasteiger partial charge in [-0.3, -0.25) is 5.41 Å². The van der Waals surface area contributed by atoms with Crippen molar-refractivity contribution in [2.24, 2.45) is 11.7 Å². The molecule has 0 aliphatic carbocycles. The Morgan fingerprint density at radius 1 is 1.24 bits per heavy atom. The smallest absolute Gasteiger partial charge is 0.384 e. The SMILES string of the molecule is CC(C)CN(c1ccc(C(=N)N)c(C(F)(F)F)c1)C(C)C. The van der Waals surface area contributed by atoms with Gasteiger partial charge in [0, 0.05) is 23.8 Å². The lowest BCUT2D eigenvalue weighted by Crippen LogP contribution is -2.34. The molecule has 0 aliphatic heterocycles. The van der Waals surface area contributed by atoms with Gasteiger partial charge in [0.1, 0.15) is 5.84 Å². The van der Waals surface area contributed by atoms with E-state index in [0.717, 1.165) is 6.07 Å². The van der Waals surface area contributed by atoms with Crippen molar-refractivity contribution >= 4 is 11.5 Å². The molecular formula is C15H22F3N3. The summed E-state index contributed by atoms with van der Waals surface area (Å²) in [6.07, 6.45) is -4.53. The molecule has 118 valence electrons. The van der Waals surface area contributed by atoms with Crippen LogP contribution in [0.15, 0.2) is 18.2 Å². The number of hydrogen-bond donors (Lipinski definition) is 2. The highest BCUT2D eigenvalue weighted by Gasteiger charge is 2.35. The van der Waals surface area contributed by atoms with Crippen LogP contribution in [-0.2, 0) is 6.18 Å². The molecule has 0 aliphatic rings. The van der Waals surface area contributed by atoms with E-state index in [0.29, 0.717) is 18.2 Å². The Balaban J connectivity index is 3.35. The van der Waals surface area contributed by atoms with Gasteiger partial charge in [-0.1, -0.05) is 13.8 Å². The van der Waals surface area contributed by atoms with Gasteiger partial charge in [0.05, 0.1) is 5.56 Å². The molecule has 1 aromatic carbocycles. The van der Waals surface area contributed by atoms with Gasteiger partial charge < -0.3 is 10.6 Å². The third-order valence-corrected chi connectivity index (χ3v) is 3.12. The summed E-state index contributed by atoms with van der Waals surface area (Å²) in [6, 6.07) is 4.03. The van der Waals surface area contributed by atoms with Crippen molar-refractivity contribution in [3.63, 3.8) is 0 Å². The second kappa shape index (κ2) is 6.37. The molecule has 0 saturated heterocycles. The molecule has 0 unspecified atom stereocenters. The molecule has 0 bridgehead atoms. The van der Waals surface area contributed by atoms with Gasteiger partial charge in [-0.05, 0) is 38.0 Å². The Bertz CT molecular complexity index is 507. The van der Waals surface area contributed by atoms with Crippen LogP contribution in [0, 0.1) is 11.3 Å². The fourth-order valence-corrected chi connectivity index (χ4v) is 2.19. The van der Waals surface area contributed by atoms with Crippen molar-refractivity contribution in [1.82, 2.24) is 0 Å². The van der Waals surface area contributed by atoms with E-state index in [1.165, 1.54) is 6.07 Å². The lowest BCUT2D eigenvalue weighted by atomic mass is 10.0. The molecule has 0 saturated carbocycles. The maximum absolute atomic E-state index is 13.1. The number of halogens is 3. The molecule has 1 aromatic rings. The van der Waals surface area contributed by atoms with Crippen molar-refractivity contribution in [2.75, 3.05) is 11.4 Å². The molecular weight excluding hydrogens is 279 g/mol. The lowest BCUT2D eigenvalue weighted by Gasteiger charge is -2.31. The Morgan fingerprint density at radius 3 is 2.19 bits per heavy atom.